The van der Waals surface area contributed by atoms with Gasteiger partial charge in [-0.1, -0.05) is 0 Å². The van der Waals surface area contributed by atoms with E-state index in [9.17, 15) is 13.6 Å². The van der Waals surface area contributed by atoms with Gasteiger partial charge in [-0.25, -0.2) is 8.78 Å². The van der Waals surface area contributed by atoms with E-state index in [1.165, 1.54) is 13.0 Å². The molecule has 0 atom stereocenters. The lowest BCUT2D eigenvalue weighted by Gasteiger charge is -2.07. The van der Waals surface area contributed by atoms with E-state index in [-0.39, 0.29) is 26.0 Å². The van der Waals surface area contributed by atoms with E-state index in [4.69, 9.17) is 5.26 Å². The molecular formula is C10H6F2INO. The second-order valence-corrected chi connectivity index (χ2v) is 3.97. The molecule has 0 heterocycles. The zero-order valence-electron chi connectivity index (χ0n) is 7.72. The fraction of sp³-hybridized carbons (Fsp3) is 0.200. The first-order chi connectivity index (χ1) is 6.97. The number of carbonyl (C=O) groups is 1. The van der Waals surface area contributed by atoms with Crippen molar-refractivity contribution in [3.8, 4) is 6.07 Å². The number of alkyl halides is 2. The van der Waals surface area contributed by atoms with Gasteiger partial charge < -0.3 is 0 Å². The number of ketones is 1. The number of nitriles is 1. The summed E-state index contributed by atoms with van der Waals surface area (Å²) in [5, 5.41) is 8.72. The summed E-state index contributed by atoms with van der Waals surface area (Å²) in [6.45, 7) is 1.28. The normalized spacial score (nSPS) is 10.1. The smallest absolute Gasteiger partial charge is 0.264 e. The molecule has 0 saturated heterocycles. The molecular weight excluding hydrogens is 315 g/mol. The zero-order valence-corrected chi connectivity index (χ0v) is 9.88. The van der Waals surface area contributed by atoms with Gasteiger partial charge >= 0.3 is 0 Å². The highest BCUT2D eigenvalue weighted by Crippen LogP contribution is 2.28. The van der Waals surface area contributed by atoms with Crippen LogP contribution >= 0.6 is 22.6 Å². The molecule has 0 bridgehead atoms. The summed E-state index contributed by atoms with van der Waals surface area (Å²) >= 11 is 1.68. The van der Waals surface area contributed by atoms with Crippen LogP contribution in [0.5, 0.6) is 0 Å². The Bertz CT molecular complexity index is 451. The molecule has 1 rings (SSSR count). The van der Waals surface area contributed by atoms with Crippen molar-refractivity contribution in [3.63, 3.8) is 0 Å². The van der Waals surface area contributed by atoms with Gasteiger partial charge in [-0.05, 0) is 41.6 Å². The summed E-state index contributed by atoms with van der Waals surface area (Å²) in [6, 6.07) is 4.26. The quantitative estimate of drug-likeness (QED) is 0.619. The third-order valence-electron chi connectivity index (χ3n) is 1.86. The van der Waals surface area contributed by atoms with Gasteiger partial charge in [0.25, 0.3) is 6.43 Å². The molecule has 0 spiro atoms. The van der Waals surface area contributed by atoms with Crippen LogP contribution in [0.15, 0.2) is 12.1 Å². The lowest BCUT2D eigenvalue weighted by molar-refractivity contribution is 0.101. The first-order valence-corrected chi connectivity index (χ1v) is 5.08. The fourth-order valence-corrected chi connectivity index (χ4v) is 1.76. The summed E-state index contributed by atoms with van der Waals surface area (Å²) in [7, 11) is 0. The average Bonchev–Trinajstić information content (AvgIpc) is 2.17. The first-order valence-electron chi connectivity index (χ1n) is 4.00. The second-order valence-electron chi connectivity index (χ2n) is 2.90. The lowest BCUT2D eigenvalue weighted by Crippen LogP contribution is -2.00. The van der Waals surface area contributed by atoms with Crippen LogP contribution in [0.4, 0.5) is 8.78 Å². The molecule has 0 N–H and O–H groups in total. The van der Waals surface area contributed by atoms with Crippen molar-refractivity contribution in [2.24, 2.45) is 0 Å². The monoisotopic (exact) mass is 321 g/mol. The predicted molar refractivity (Wildman–Crippen MR) is 58.8 cm³/mol. The minimum Gasteiger partial charge on any atom is -0.295 e. The van der Waals surface area contributed by atoms with E-state index >= 15 is 0 Å². The summed E-state index contributed by atoms with van der Waals surface area (Å²) in [6.07, 6.45) is -2.68. The Labute approximate surface area is 99.0 Å². The Morgan fingerprint density at radius 3 is 2.53 bits per heavy atom. The van der Waals surface area contributed by atoms with Gasteiger partial charge in [-0.3, -0.25) is 4.79 Å². The number of Topliss-reactive ketones (excluding diaryl/α,β-unsaturated/α-hetero) is 1. The maximum Gasteiger partial charge on any atom is 0.264 e. The molecule has 0 aliphatic carbocycles. The van der Waals surface area contributed by atoms with Crippen molar-refractivity contribution in [1.82, 2.24) is 0 Å². The van der Waals surface area contributed by atoms with Crippen LogP contribution < -0.4 is 0 Å². The molecule has 0 amide bonds. The first kappa shape index (κ1) is 12.0. The third kappa shape index (κ3) is 2.50. The van der Waals surface area contributed by atoms with E-state index in [0.717, 1.165) is 6.07 Å². The van der Waals surface area contributed by atoms with Gasteiger partial charge in [0.2, 0.25) is 0 Å². The Morgan fingerprint density at radius 2 is 2.13 bits per heavy atom. The number of halogens is 3. The third-order valence-corrected chi connectivity index (χ3v) is 3.07. The summed E-state index contributed by atoms with van der Waals surface area (Å²) < 4.78 is 25.3. The minimum atomic E-state index is -2.68. The van der Waals surface area contributed by atoms with Gasteiger partial charge in [0.1, 0.15) is 6.07 Å². The SMILES string of the molecule is CC(=O)c1cc(C#N)c(I)c(C(F)F)c1. The number of hydrogen-bond acceptors (Lipinski definition) is 2. The van der Waals surface area contributed by atoms with Crippen LogP contribution in [0.1, 0.15) is 34.8 Å². The van der Waals surface area contributed by atoms with Crippen LogP contribution in [0.25, 0.3) is 0 Å². The van der Waals surface area contributed by atoms with Gasteiger partial charge in [-0.2, -0.15) is 5.26 Å². The molecule has 0 unspecified atom stereocenters. The highest BCUT2D eigenvalue weighted by molar-refractivity contribution is 14.1. The van der Waals surface area contributed by atoms with Gasteiger partial charge in [0.15, 0.2) is 5.78 Å². The maximum atomic E-state index is 12.6. The van der Waals surface area contributed by atoms with Crippen molar-refractivity contribution in [1.29, 1.82) is 5.26 Å². The topological polar surface area (TPSA) is 40.9 Å². The lowest BCUT2D eigenvalue weighted by atomic mass is 10.0. The molecule has 0 aliphatic rings. The van der Waals surface area contributed by atoms with E-state index in [0.29, 0.717) is 0 Å². The number of carbonyl (C=O) groups excluding carboxylic acids is 1. The van der Waals surface area contributed by atoms with Gasteiger partial charge in [0, 0.05) is 14.7 Å². The van der Waals surface area contributed by atoms with Crippen LogP contribution in [0.2, 0.25) is 0 Å². The summed E-state index contributed by atoms with van der Waals surface area (Å²) in [5.41, 5.74) is -0.0132. The van der Waals surface area contributed by atoms with Crippen molar-refractivity contribution in [3.05, 3.63) is 32.4 Å². The number of rotatable bonds is 2. The van der Waals surface area contributed by atoms with Crippen LogP contribution in [-0.4, -0.2) is 5.78 Å². The molecule has 0 aliphatic heterocycles. The second kappa shape index (κ2) is 4.66. The maximum absolute atomic E-state index is 12.6. The van der Waals surface area contributed by atoms with Crippen LogP contribution in [0, 0.1) is 14.9 Å². The Morgan fingerprint density at radius 1 is 1.53 bits per heavy atom. The fourth-order valence-electron chi connectivity index (χ4n) is 1.09. The Balaban J connectivity index is 3.47. The van der Waals surface area contributed by atoms with Gasteiger partial charge in [-0.15, -0.1) is 0 Å². The molecule has 2 nitrogen and oxygen atoms in total. The number of benzene rings is 1. The number of nitrogens with zero attached hydrogens (tertiary/aromatic N) is 1. The molecule has 0 radical (unpaired) electrons. The summed E-state index contributed by atoms with van der Waals surface area (Å²) in [4.78, 5) is 11.0. The van der Waals surface area contributed by atoms with Crippen molar-refractivity contribution >= 4 is 28.4 Å². The van der Waals surface area contributed by atoms with Crippen LogP contribution in [0.3, 0.4) is 0 Å². The minimum absolute atomic E-state index is 0.110. The molecule has 78 valence electrons. The molecule has 5 heteroatoms. The van der Waals surface area contributed by atoms with Gasteiger partial charge in [0.05, 0.1) is 5.56 Å². The molecule has 0 fully saturated rings. The summed E-state index contributed by atoms with van der Waals surface area (Å²) in [5.74, 6) is -0.329. The highest BCUT2D eigenvalue weighted by Gasteiger charge is 2.17. The van der Waals surface area contributed by atoms with Crippen LogP contribution in [-0.2, 0) is 0 Å². The molecule has 1 aromatic carbocycles. The highest BCUT2D eigenvalue weighted by atomic mass is 127. The van der Waals surface area contributed by atoms with E-state index < -0.39 is 6.43 Å². The van der Waals surface area contributed by atoms with Crippen molar-refractivity contribution in [2.75, 3.05) is 0 Å². The molecule has 0 saturated carbocycles. The van der Waals surface area contributed by atoms with Crippen molar-refractivity contribution < 1.29 is 13.6 Å². The Kier molecular flexibility index (Phi) is 3.74. The Hall–Kier alpha value is -1.03. The predicted octanol–water partition coefficient (Wildman–Crippen LogP) is 3.30. The average molecular weight is 321 g/mol. The van der Waals surface area contributed by atoms with Crippen molar-refractivity contribution in [2.45, 2.75) is 13.3 Å². The molecule has 1 aromatic rings. The number of hydrogen-bond donors (Lipinski definition) is 0. The largest absolute Gasteiger partial charge is 0.295 e. The van der Waals surface area contributed by atoms with E-state index in [1.54, 1.807) is 28.7 Å². The zero-order chi connectivity index (χ0) is 11.6. The standard InChI is InChI=1S/C10H6F2INO/c1-5(15)6-2-7(4-14)9(13)8(3-6)10(11)12/h2-3,10H,1H3. The molecule has 0 aromatic heterocycles. The molecule has 15 heavy (non-hydrogen) atoms. The van der Waals surface area contributed by atoms with E-state index in [1.807, 2.05) is 0 Å². The van der Waals surface area contributed by atoms with E-state index in [2.05, 4.69) is 0 Å².